The van der Waals surface area contributed by atoms with Gasteiger partial charge in [-0.1, -0.05) is 119 Å². The summed E-state index contributed by atoms with van der Waals surface area (Å²) in [4.78, 5) is 15.8. The van der Waals surface area contributed by atoms with Crippen molar-refractivity contribution in [1.29, 1.82) is 0 Å². The van der Waals surface area contributed by atoms with Crippen molar-refractivity contribution in [2.45, 2.75) is 71.1 Å². The lowest BCUT2D eigenvalue weighted by atomic mass is 10.1. The molecule has 0 bridgehead atoms. The number of nitrogens with zero attached hydrogens (tertiary/aromatic N) is 3. The number of amides is 1. The van der Waals surface area contributed by atoms with Crippen LogP contribution >= 0.6 is 24.0 Å². The molecular weight excluding hydrogens is 563 g/mol. The number of thioether (sulfide) groups is 1. The molecule has 42 heavy (non-hydrogen) atoms. The van der Waals surface area contributed by atoms with E-state index in [9.17, 15) is 4.79 Å². The molecule has 0 spiro atoms. The maximum Gasteiger partial charge on any atom is 0.266 e. The third-order valence-corrected chi connectivity index (χ3v) is 9.00. The van der Waals surface area contributed by atoms with Crippen LogP contribution in [-0.2, 0) is 4.79 Å². The Balaban J connectivity index is 1.30. The lowest BCUT2D eigenvalue weighted by Gasteiger charge is -2.14. The number of methoxy groups -OCH3 is 1. The maximum atomic E-state index is 13.4. The third-order valence-electron chi connectivity index (χ3n) is 7.62. The van der Waals surface area contributed by atoms with Crippen LogP contribution in [0.3, 0.4) is 0 Å². The molecule has 4 aromatic rings. The number of unbranched alkanes of at least 4 members (excludes halogenated alkanes) is 9. The number of aromatic nitrogens is 2. The van der Waals surface area contributed by atoms with E-state index in [4.69, 9.17) is 26.5 Å². The number of ether oxygens (including phenoxy) is 1. The molecular formula is C34H39N3O3S2. The summed E-state index contributed by atoms with van der Waals surface area (Å²) in [6.45, 7) is 2.92. The van der Waals surface area contributed by atoms with Crippen LogP contribution in [0.15, 0.2) is 70.1 Å². The van der Waals surface area contributed by atoms with E-state index in [0.717, 1.165) is 29.5 Å². The molecule has 0 radical (unpaired) electrons. The number of rotatable bonds is 15. The molecule has 1 fully saturated rings. The van der Waals surface area contributed by atoms with Crippen LogP contribution in [0.25, 0.3) is 34.2 Å². The fourth-order valence-electron chi connectivity index (χ4n) is 5.30. The minimum absolute atomic E-state index is 0.0365. The van der Waals surface area contributed by atoms with Gasteiger partial charge in [-0.25, -0.2) is 4.68 Å². The van der Waals surface area contributed by atoms with E-state index < -0.39 is 0 Å². The lowest BCUT2D eigenvalue weighted by Crippen LogP contribution is -2.29. The van der Waals surface area contributed by atoms with Crippen LogP contribution in [0.2, 0.25) is 0 Å². The summed E-state index contributed by atoms with van der Waals surface area (Å²) < 4.78 is 14.2. The van der Waals surface area contributed by atoms with Crippen LogP contribution in [0, 0.1) is 0 Å². The second-order valence-corrected chi connectivity index (χ2v) is 12.4. The van der Waals surface area contributed by atoms with Gasteiger partial charge >= 0.3 is 0 Å². The summed E-state index contributed by atoms with van der Waals surface area (Å²) >= 11 is 6.99. The van der Waals surface area contributed by atoms with Gasteiger partial charge in [-0.15, -0.1) is 0 Å². The first kappa shape index (κ1) is 30.1. The molecule has 0 N–H and O–H groups in total. The normalized spacial score (nSPS) is 14.5. The molecule has 0 aliphatic carbocycles. The molecule has 220 valence electrons. The topological polar surface area (TPSA) is 60.5 Å². The Morgan fingerprint density at radius 3 is 2.38 bits per heavy atom. The molecule has 2 aromatic carbocycles. The number of thiocarbonyl (C=S) groups is 1. The highest BCUT2D eigenvalue weighted by atomic mass is 32.2. The second-order valence-electron chi connectivity index (χ2n) is 10.7. The number of carbonyl (C=O) groups is 1. The van der Waals surface area contributed by atoms with E-state index >= 15 is 0 Å². The molecule has 0 saturated carbocycles. The summed E-state index contributed by atoms with van der Waals surface area (Å²) in [5, 5.41) is 5.81. The largest absolute Gasteiger partial charge is 0.493 e. The summed E-state index contributed by atoms with van der Waals surface area (Å²) in [5.74, 6) is 1.23. The first-order valence-electron chi connectivity index (χ1n) is 15.1. The van der Waals surface area contributed by atoms with Crippen molar-refractivity contribution >= 4 is 51.3 Å². The van der Waals surface area contributed by atoms with Crippen LogP contribution in [0.1, 0.15) is 76.7 Å². The van der Waals surface area contributed by atoms with Gasteiger partial charge in [0.2, 0.25) is 0 Å². The zero-order valence-electron chi connectivity index (χ0n) is 24.5. The first-order chi connectivity index (χ1) is 20.6. The van der Waals surface area contributed by atoms with Crippen molar-refractivity contribution in [2.75, 3.05) is 13.7 Å². The van der Waals surface area contributed by atoms with Gasteiger partial charge < -0.3 is 9.15 Å². The quantitative estimate of drug-likeness (QED) is 0.0768. The number of para-hydroxylation sites is 2. The zero-order valence-corrected chi connectivity index (χ0v) is 26.1. The molecule has 1 aliphatic heterocycles. The molecule has 1 amide bonds. The molecule has 0 unspecified atom stereocenters. The minimum atomic E-state index is -0.0365. The van der Waals surface area contributed by atoms with Crippen molar-refractivity contribution in [2.24, 2.45) is 0 Å². The average molecular weight is 602 g/mol. The van der Waals surface area contributed by atoms with Gasteiger partial charge in [-0.05, 0) is 36.8 Å². The van der Waals surface area contributed by atoms with Crippen molar-refractivity contribution in [1.82, 2.24) is 14.7 Å². The number of furan rings is 1. The van der Waals surface area contributed by atoms with Gasteiger partial charge in [-0.3, -0.25) is 9.69 Å². The Bertz CT molecular complexity index is 1540. The van der Waals surface area contributed by atoms with Gasteiger partial charge in [0.1, 0.15) is 10.0 Å². The van der Waals surface area contributed by atoms with Gasteiger partial charge in [0.25, 0.3) is 5.91 Å². The zero-order chi connectivity index (χ0) is 29.3. The fraction of sp³-hybridized carbons (Fsp3) is 0.382. The van der Waals surface area contributed by atoms with Gasteiger partial charge in [0.15, 0.2) is 17.1 Å². The van der Waals surface area contributed by atoms with E-state index in [0.29, 0.717) is 38.6 Å². The number of hydrogen-bond donors (Lipinski definition) is 0. The van der Waals surface area contributed by atoms with Crippen molar-refractivity contribution in [3.8, 4) is 22.9 Å². The van der Waals surface area contributed by atoms with E-state index in [1.807, 2.05) is 71.6 Å². The Hall–Kier alpha value is -3.36. The van der Waals surface area contributed by atoms with E-state index in [2.05, 4.69) is 6.92 Å². The van der Waals surface area contributed by atoms with Crippen molar-refractivity contribution in [3.63, 3.8) is 0 Å². The number of carbonyl (C=O) groups excluding carboxylic acids is 1. The minimum Gasteiger partial charge on any atom is -0.493 e. The van der Waals surface area contributed by atoms with Crippen LogP contribution in [0.5, 0.6) is 5.75 Å². The monoisotopic (exact) mass is 601 g/mol. The summed E-state index contributed by atoms with van der Waals surface area (Å²) in [5.41, 5.74) is 3.02. The highest BCUT2D eigenvalue weighted by Crippen LogP contribution is 2.38. The summed E-state index contributed by atoms with van der Waals surface area (Å²) in [6.07, 6.45) is 16.4. The predicted molar refractivity (Wildman–Crippen MR) is 177 cm³/mol. The smallest absolute Gasteiger partial charge is 0.266 e. The van der Waals surface area contributed by atoms with Crippen LogP contribution < -0.4 is 4.74 Å². The summed E-state index contributed by atoms with van der Waals surface area (Å²) in [6, 6.07) is 17.7. The second kappa shape index (κ2) is 14.7. The molecule has 5 rings (SSSR count). The van der Waals surface area contributed by atoms with Crippen molar-refractivity contribution < 1.29 is 13.9 Å². The van der Waals surface area contributed by atoms with E-state index in [-0.39, 0.29) is 5.91 Å². The van der Waals surface area contributed by atoms with Gasteiger partial charge in [-0.2, -0.15) is 5.10 Å². The van der Waals surface area contributed by atoms with Gasteiger partial charge in [0, 0.05) is 23.7 Å². The molecule has 1 saturated heterocycles. The Morgan fingerprint density at radius 1 is 0.952 bits per heavy atom. The molecule has 2 aromatic heterocycles. The number of hydrogen-bond acceptors (Lipinski definition) is 6. The lowest BCUT2D eigenvalue weighted by molar-refractivity contribution is -0.122. The molecule has 6 nitrogen and oxygen atoms in total. The number of fused-ring (bicyclic) bond motifs is 1. The van der Waals surface area contributed by atoms with Gasteiger partial charge in [0.05, 0.1) is 17.7 Å². The highest BCUT2D eigenvalue weighted by molar-refractivity contribution is 8.26. The Labute approximate surface area is 258 Å². The van der Waals surface area contributed by atoms with Crippen molar-refractivity contribution in [3.05, 3.63) is 71.3 Å². The summed E-state index contributed by atoms with van der Waals surface area (Å²) in [7, 11) is 1.63. The van der Waals surface area contributed by atoms with E-state index in [1.54, 1.807) is 12.0 Å². The Kier molecular flexibility index (Phi) is 10.5. The highest BCUT2D eigenvalue weighted by Gasteiger charge is 2.32. The van der Waals surface area contributed by atoms with Crippen LogP contribution in [-0.4, -0.2) is 38.6 Å². The maximum absolute atomic E-state index is 13.4. The average Bonchev–Trinajstić information content (AvgIpc) is 3.70. The standard InChI is InChI=1S/C34H39N3O3S2/c1-3-4-5-6-7-8-9-10-11-15-21-36-33(38)30(42-34(36)41)23-26-24-37(27-18-13-12-14-19-27)35-31(26)29-22-25-17-16-20-28(39-2)32(25)40-29/h12-14,16-20,22-24H,3-11,15,21H2,1-2H3/b30-23-. The Morgan fingerprint density at radius 2 is 1.67 bits per heavy atom. The molecule has 8 heteroatoms. The molecule has 3 heterocycles. The predicted octanol–water partition coefficient (Wildman–Crippen LogP) is 9.42. The molecule has 1 aliphatic rings. The molecule has 0 atom stereocenters. The van der Waals surface area contributed by atoms with Crippen LogP contribution in [0.4, 0.5) is 0 Å². The third kappa shape index (κ3) is 7.16. The first-order valence-corrected chi connectivity index (χ1v) is 16.3. The fourth-order valence-corrected chi connectivity index (χ4v) is 6.60. The SMILES string of the molecule is CCCCCCCCCCCCN1C(=O)/C(=C/c2cn(-c3ccccc3)nc2-c2cc3cccc(OC)c3o2)SC1=S. The van der Waals surface area contributed by atoms with E-state index in [1.165, 1.54) is 63.1 Å². The number of benzene rings is 2.